The van der Waals surface area contributed by atoms with E-state index in [1.165, 1.54) is 10.9 Å². The van der Waals surface area contributed by atoms with E-state index in [2.05, 4.69) is 11.6 Å². The zero-order valence-corrected chi connectivity index (χ0v) is 6.97. The summed E-state index contributed by atoms with van der Waals surface area (Å²) in [6, 6.07) is -0.104. The summed E-state index contributed by atoms with van der Waals surface area (Å²) in [5.41, 5.74) is 0. The fourth-order valence-corrected chi connectivity index (χ4v) is 0.841. The molecular weight excluding hydrogens is 154 g/mol. The van der Waals surface area contributed by atoms with Crippen molar-refractivity contribution in [3.05, 3.63) is 31.4 Å². The molecule has 0 radical (unpaired) electrons. The molecule has 1 heterocycles. The lowest BCUT2D eigenvalue weighted by Crippen LogP contribution is -2.30. The maximum Gasteiger partial charge on any atom is 0.329 e. The highest BCUT2D eigenvalue weighted by atomic mass is 16.2. The summed E-state index contributed by atoms with van der Waals surface area (Å²) in [7, 11) is 1.71. The minimum Gasteiger partial charge on any atom is -0.323 e. The van der Waals surface area contributed by atoms with Gasteiger partial charge < -0.3 is 4.90 Å². The average molecular weight is 165 g/mol. The van der Waals surface area contributed by atoms with Gasteiger partial charge in [0.2, 0.25) is 0 Å². The van der Waals surface area contributed by atoms with E-state index in [-0.39, 0.29) is 6.03 Å². The van der Waals surface area contributed by atoms with Gasteiger partial charge in [0, 0.05) is 26.0 Å². The van der Waals surface area contributed by atoms with Crippen LogP contribution in [0.5, 0.6) is 0 Å². The van der Waals surface area contributed by atoms with Gasteiger partial charge in [-0.05, 0) is 0 Å². The first kappa shape index (κ1) is 8.52. The molecule has 0 unspecified atom stereocenters. The molecule has 1 aromatic heterocycles. The Bertz CT molecular complexity index is 266. The van der Waals surface area contributed by atoms with Crippen molar-refractivity contribution in [1.29, 1.82) is 0 Å². The Kier molecular flexibility index (Phi) is 2.63. The van der Waals surface area contributed by atoms with E-state index in [0.717, 1.165) is 0 Å². The molecule has 4 nitrogen and oxygen atoms in total. The third-order valence-electron chi connectivity index (χ3n) is 1.45. The normalized spacial score (nSPS) is 9.42. The molecule has 0 aliphatic carbocycles. The second kappa shape index (κ2) is 3.71. The van der Waals surface area contributed by atoms with Crippen LogP contribution in [-0.2, 0) is 0 Å². The van der Waals surface area contributed by atoms with Gasteiger partial charge in [-0.2, -0.15) is 0 Å². The van der Waals surface area contributed by atoms with E-state index in [1.807, 2.05) is 0 Å². The molecule has 0 bridgehead atoms. The van der Waals surface area contributed by atoms with Crippen molar-refractivity contribution < 1.29 is 4.79 Å². The van der Waals surface area contributed by atoms with Crippen molar-refractivity contribution in [3.8, 4) is 0 Å². The summed E-state index contributed by atoms with van der Waals surface area (Å²) in [5.74, 6) is 0. The third-order valence-corrected chi connectivity index (χ3v) is 1.45. The van der Waals surface area contributed by atoms with Crippen molar-refractivity contribution in [2.24, 2.45) is 0 Å². The van der Waals surface area contributed by atoms with Crippen molar-refractivity contribution >= 4 is 6.03 Å². The van der Waals surface area contributed by atoms with Gasteiger partial charge in [-0.1, -0.05) is 6.08 Å². The van der Waals surface area contributed by atoms with Crippen molar-refractivity contribution in [2.45, 2.75) is 0 Å². The van der Waals surface area contributed by atoms with Crippen LogP contribution in [0.15, 0.2) is 31.4 Å². The number of nitrogens with zero attached hydrogens (tertiary/aromatic N) is 3. The molecule has 0 aliphatic heterocycles. The van der Waals surface area contributed by atoms with Gasteiger partial charge in [-0.15, -0.1) is 6.58 Å². The van der Waals surface area contributed by atoms with Gasteiger partial charge >= 0.3 is 6.03 Å². The minimum absolute atomic E-state index is 0.104. The predicted molar refractivity (Wildman–Crippen MR) is 45.8 cm³/mol. The maximum atomic E-state index is 11.4. The van der Waals surface area contributed by atoms with E-state index in [9.17, 15) is 4.79 Å². The smallest absolute Gasteiger partial charge is 0.323 e. The highest BCUT2D eigenvalue weighted by molar-refractivity contribution is 5.76. The van der Waals surface area contributed by atoms with Crippen LogP contribution < -0.4 is 0 Å². The number of hydrogen-bond donors (Lipinski definition) is 0. The number of hydrogen-bond acceptors (Lipinski definition) is 2. The van der Waals surface area contributed by atoms with Crippen LogP contribution in [0.2, 0.25) is 0 Å². The molecule has 0 aliphatic rings. The third kappa shape index (κ3) is 1.72. The Labute approximate surface area is 71.1 Å². The molecule has 4 heteroatoms. The first-order chi connectivity index (χ1) is 5.75. The number of carbonyl (C=O) groups excluding carboxylic acids is 1. The molecular formula is C8H11N3O. The zero-order chi connectivity index (χ0) is 8.97. The summed E-state index contributed by atoms with van der Waals surface area (Å²) in [6.45, 7) is 4.08. The Morgan fingerprint density at radius 3 is 3.08 bits per heavy atom. The van der Waals surface area contributed by atoms with Crippen LogP contribution in [0.3, 0.4) is 0 Å². The second-order valence-electron chi connectivity index (χ2n) is 2.42. The maximum absolute atomic E-state index is 11.4. The van der Waals surface area contributed by atoms with E-state index in [0.29, 0.717) is 6.54 Å². The molecule has 0 saturated heterocycles. The summed E-state index contributed by atoms with van der Waals surface area (Å²) in [6.07, 6.45) is 6.33. The van der Waals surface area contributed by atoms with E-state index < -0.39 is 0 Å². The Morgan fingerprint density at radius 1 is 1.83 bits per heavy atom. The van der Waals surface area contributed by atoms with Gasteiger partial charge in [0.05, 0.1) is 0 Å². The highest BCUT2D eigenvalue weighted by Crippen LogP contribution is 1.92. The van der Waals surface area contributed by atoms with Crippen LogP contribution in [0, 0.1) is 0 Å². The molecule has 1 aromatic rings. The van der Waals surface area contributed by atoms with Gasteiger partial charge in [0.1, 0.15) is 6.33 Å². The summed E-state index contributed by atoms with van der Waals surface area (Å²) in [5, 5.41) is 0. The molecule has 0 aromatic carbocycles. The van der Waals surface area contributed by atoms with Crippen LogP contribution in [0.1, 0.15) is 0 Å². The summed E-state index contributed by atoms with van der Waals surface area (Å²) in [4.78, 5) is 16.7. The largest absolute Gasteiger partial charge is 0.329 e. The number of carbonyl (C=O) groups is 1. The Hall–Kier alpha value is -1.58. The van der Waals surface area contributed by atoms with E-state index in [1.54, 1.807) is 30.4 Å². The first-order valence-electron chi connectivity index (χ1n) is 3.60. The van der Waals surface area contributed by atoms with Crippen molar-refractivity contribution in [2.75, 3.05) is 13.6 Å². The molecule has 64 valence electrons. The van der Waals surface area contributed by atoms with E-state index >= 15 is 0 Å². The van der Waals surface area contributed by atoms with Gasteiger partial charge in [0.25, 0.3) is 0 Å². The van der Waals surface area contributed by atoms with Crippen molar-refractivity contribution in [3.63, 3.8) is 0 Å². The van der Waals surface area contributed by atoms with Gasteiger partial charge in [0.15, 0.2) is 0 Å². The zero-order valence-electron chi connectivity index (χ0n) is 6.97. The minimum atomic E-state index is -0.104. The number of imidazole rings is 1. The van der Waals surface area contributed by atoms with Gasteiger partial charge in [-0.25, -0.2) is 9.78 Å². The average Bonchev–Trinajstić information content (AvgIpc) is 2.55. The van der Waals surface area contributed by atoms with Crippen LogP contribution in [0.4, 0.5) is 4.79 Å². The van der Waals surface area contributed by atoms with Crippen LogP contribution in [-0.4, -0.2) is 34.1 Å². The molecule has 1 rings (SSSR count). The van der Waals surface area contributed by atoms with Gasteiger partial charge in [-0.3, -0.25) is 4.57 Å². The number of rotatable bonds is 2. The molecule has 0 N–H and O–H groups in total. The SMILES string of the molecule is C=CCN(C)C(=O)n1ccnc1. The second-order valence-corrected chi connectivity index (χ2v) is 2.42. The molecule has 0 atom stereocenters. The molecule has 1 amide bonds. The fraction of sp³-hybridized carbons (Fsp3) is 0.250. The highest BCUT2D eigenvalue weighted by Gasteiger charge is 2.07. The number of aromatic nitrogens is 2. The molecule has 0 fully saturated rings. The molecule has 0 spiro atoms. The fourth-order valence-electron chi connectivity index (χ4n) is 0.841. The predicted octanol–water partition coefficient (Wildman–Crippen LogP) is 0.969. The summed E-state index contributed by atoms with van der Waals surface area (Å²) >= 11 is 0. The van der Waals surface area contributed by atoms with Crippen LogP contribution in [0.25, 0.3) is 0 Å². The lowest BCUT2D eigenvalue weighted by Gasteiger charge is -2.13. The number of amides is 1. The lowest BCUT2D eigenvalue weighted by atomic mass is 10.5. The van der Waals surface area contributed by atoms with Crippen molar-refractivity contribution in [1.82, 2.24) is 14.5 Å². The quantitative estimate of drug-likeness (QED) is 0.612. The monoisotopic (exact) mass is 165 g/mol. The topological polar surface area (TPSA) is 38.1 Å². The Morgan fingerprint density at radius 2 is 2.58 bits per heavy atom. The number of likely N-dealkylation sites (N-methyl/N-ethyl adjacent to an activating group) is 1. The summed E-state index contributed by atoms with van der Waals surface area (Å²) < 4.78 is 1.42. The molecule has 12 heavy (non-hydrogen) atoms. The molecule has 0 saturated carbocycles. The standard InChI is InChI=1S/C8H11N3O/c1-3-5-10(2)8(12)11-6-4-9-7-11/h3-4,6-7H,1,5H2,2H3. The Balaban J connectivity index is 2.65. The first-order valence-corrected chi connectivity index (χ1v) is 3.60. The van der Waals surface area contributed by atoms with E-state index in [4.69, 9.17) is 0 Å². The lowest BCUT2D eigenvalue weighted by molar-refractivity contribution is 0.215. The van der Waals surface area contributed by atoms with Crippen LogP contribution >= 0.6 is 0 Å².